The number of benzene rings is 2. The molecule has 0 bridgehead atoms. The maximum Gasteiger partial charge on any atom is 0.132 e. The Morgan fingerprint density at radius 1 is 0.844 bits per heavy atom. The molecule has 176 valence electrons. The summed E-state index contributed by atoms with van der Waals surface area (Å²) in [5.41, 5.74) is 3.73. The van der Waals surface area contributed by atoms with E-state index < -0.39 is 0 Å². The largest absolute Gasteiger partial charge is 0.492 e. The Morgan fingerprint density at radius 2 is 1.44 bits per heavy atom. The topological polar surface area (TPSA) is 67.0 Å². The van der Waals surface area contributed by atoms with Gasteiger partial charge in [-0.2, -0.15) is 0 Å². The molecule has 3 N–H and O–H groups in total. The first-order valence-corrected chi connectivity index (χ1v) is 11.4. The smallest absolute Gasteiger partial charge is 0.132 e. The highest BCUT2D eigenvalue weighted by atomic mass is 16.5. The van der Waals surface area contributed by atoms with Crippen molar-refractivity contribution in [1.29, 1.82) is 0 Å². The molecule has 1 fully saturated rings. The number of nitrogens with zero attached hydrogens (tertiary/aromatic N) is 1. The van der Waals surface area contributed by atoms with E-state index in [1.165, 1.54) is 11.1 Å². The van der Waals surface area contributed by atoms with Crippen molar-refractivity contribution >= 4 is 5.69 Å². The Labute approximate surface area is 192 Å². The van der Waals surface area contributed by atoms with E-state index in [2.05, 4.69) is 64.2 Å². The van der Waals surface area contributed by atoms with Crippen LogP contribution in [0, 0.1) is 6.92 Å². The van der Waals surface area contributed by atoms with Crippen molar-refractivity contribution in [3.8, 4) is 5.75 Å². The van der Waals surface area contributed by atoms with E-state index in [0.717, 1.165) is 44.2 Å². The Balaban J connectivity index is 1.38. The number of hydrogen-bond acceptors (Lipinski definition) is 7. The first-order chi connectivity index (χ1) is 15.7. The molecular weight excluding hydrogens is 404 g/mol. The van der Waals surface area contributed by atoms with Gasteiger partial charge in [-0.1, -0.05) is 29.8 Å². The van der Waals surface area contributed by atoms with Crippen LogP contribution in [-0.4, -0.2) is 78.0 Å². The summed E-state index contributed by atoms with van der Waals surface area (Å²) in [4.78, 5) is 2.28. The monoisotopic (exact) mass is 442 g/mol. The quantitative estimate of drug-likeness (QED) is 0.441. The van der Waals surface area contributed by atoms with Gasteiger partial charge in [-0.3, -0.25) is 15.5 Å². The Bertz CT molecular complexity index is 754. The van der Waals surface area contributed by atoms with Crippen LogP contribution in [0.2, 0.25) is 0 Å². The van der Waals surface area contributed by atoms with Crippen molar-refractivity contribution in [1.82, 2.24) is 15.5 Å². The van der Waals surface area contributed by atoms with Gasteiger partial charge in [-0.05, 0) is 36.8 Å². The Hall–Kier alpha value is -2.16. The van der Waals surface area contributed by atoms with Crippen LogP contribution in [0.25, 0.3) is 0 Å². The fourth-order valence-corrected chi connectivity index (χ4v) is 3.72. The lowest BCUT2D eigenvalue weighted by Gasteiger charge is -2.32. The second-order valence-electron chi connectivity index (χ2n) is 8.20. The lowest BCUT2D eigenvalue weighted by molar-refractivity contribution is 0.104. The molecule has 2 aromatic carbocycles. The molecule has 7 nitrogen and oxygen atoms in total. The average Bonchev–Trinajstić information content (AvgIpc) is 2.82. The molecule has 32 heavy (non-hydrogen) atoms. The third-order valence-corrected chi connectivity index (χ3v) is 5.75. The van der Waals surface area contributed by atoms with Gasteiger partial charge < -0.3 is 19.5 Å². The van der Waals surface area contributed by atoms with Gasteiger partial charge in [0.1, 0.15) is 18.6 Å². The number of anilines is 1. The van der Waals surface area contributed by atoms with Crippen LogP contribution >= 0.6 is 0 Å². The van der Waals surface area contributed by atoms with Crippen molar-refractivity contribution in [3.63, 3.8) is 0 Å². The van der Waals surface area contributed by atoms with Gasteiger partial charge >= 0.3 is 0 Å². The van der Waals surface area contributed by atoms with Gasteiger partial charge in [0.2, 0.25) is 0 Å². The van der Waals surface area contributed by atoms with Crippen LogP contribution in [0.1, 0.15) is 17.0 Å². The van der Waals surface area contributed by atoms with E-state index in [1.807, 2.05) is 12.1 Å². The van der Waals surface area contributed by atoms with Gasteiger partial charge in [0.15, 0.2) is 0 Å². The minimum Gasteiger partial charge on any atom is -0.492 e. The van der Waals surface area contributed by atoms with Gasteiger partial charge in [0.05, 0.1) is 13.2 Å². The van der Waals surface area contributed by atoms with Crippen LogP contribution < -0.4 is 20.7 Å². The first-order valence-electron chi connectivity index (χ1n) is 11.4. The fourth-order valence-electron chi connectivity index (χ4n) is 3.72. The van der Waals surface area contributed by atoms with Crippen LogP contribution in [-0.2, 0) is 9.47 Å². The molecule has 1 aliphatic rings. The van der Waals surface area contributed by atoms with Gasteiger partial charge in [-0.25, -0.2) is 0 Å². The molecule has 3 rings (SSSR count). The number of rotatable bonds is 13. The normalized spacial score (nSPS) is 18.6. The third kappa shape index (κ3) is 8.07. The molecule has 0 aromatic heterocycles. The number of methoxy groups -OCH3 is 2. The van der Waals surface area contributed by atoms with E-state index in [9.17, 15) is 0 Å². The summed E-state index contributed by atoms with van der Waals surface area (Å²) < 4.78 is 16.3. The van der Waals surface area contributed by atoms with Crippen LogP contribution in [0.4, 0.5) is 5.69 Å². The summed E-state index contributed by atoms with van der Waals surface area (Å²) in [7, 11) is 3.45. The van der Waals surface area contributed by atoms with Crippen LogP contribution in [0.15, 0.2) is 48.5 Å². The maximum atomic E-state index is 5.93. The molecular formula is C25H38N4O3. The third-order valence-electron chi connectivity index (χ3n) is 5.75. The standard InChI is InChI=1S/C25H38N4O3/c1-20-4-6-21(7-5-20)22-18-26-25(27-19-22)28-23-8-10-24(11-9-23)32-17-14-29(12-15-30-2)13-16-31-3/h4-11,22,25-28H,12-19H2,1-3H3. The van der Waals surface area contributed by atoms with E-state index in [0.29, 0.717) is 25.7 Å². The highest BCUT2D eigenvalue weighted by molar-refractivity contribution is 5.47. The Kier molecular flexibility index (Phi) is 10.3. The highest BCUT2D eigenvalue weighted by Gasteiger charge is 2.20. The van der Waals surface area contributed by atoms with Crippen molar-refractivity contribution < 1.29 is 14.2 Å². The van der Waals surface area contributed by atoms with Crippen molar-refractivity contribution in [2.24, 2.45) is 0 Å². The summed E-state index contributed by atoms with van der Waals surface area (Å²) in [6.45, 7) is 8.64. The summed E-state index contributed by atoms with van der Waals surface area (Å²) in [6.07, 6.45) is 0.0543. The molecule has 0 saturated carbocycles. The zero-order valence-corrected chi connectivity index (χ0v) is 19.6. The number of nitrogens with one attached hydrogen (secondary N) is 3. The fraction of sp³-hybridized carbons (Fsp3) is 0.520. The minimum atomic E-state index is 0.0543. The molecule has 1 saturated heterocycles. The van der Waals surface area contributed by atoms with Gasteiger partial charge in [-0.15, -0.1) is 0 Å². The minimum absolute atomic E-state index is 0.0543. The van der Waals surface area contributed by atoms with Crippen molar-refractivity contribution in [2.45, 2.75) is 19.1 Å². The molecule has 0 radical (unpaired) electrons. The lowest BCUT2D eigenvalue weighted by atomic mass is 9.97. The number of ether oxygens (including phenoxy) is 3. The lowest BCUT2D eigenvalue weighted by Crippen LogP contribution is -2.55. The molecule has 0 spiro atoms. The summed E-state index contributed by atoms with van der Waals surface area (Å²) in [5.74, 6) is 1.36. The zero-order chi connectivity index (χ0) is 22.6. The SMILES string of the molecule is COCCN(CCOC)CCOc1ccc(NC2NCC(c3ccc(C)cc3)CN2)cc1. The zero-order valence-electron chi connectivity index (χ0n) is 19.6. The van der Waals surface area contributed by atoms with E-state index >= 15 is 0 Å². The van der Waals surface area contributed by atoms with E-state index in [-0.39, 0.29) is 6.29 Å². The van der Waals surface area contributed by atoms with E-state index in [4.69, 9.17) is 14.2 Å². The van der Waals surface area contributed by atoms with Crippen molar-refractivity contribution in [2.75, 3.05) is 72.1 Å². The summed E-state index contributed by atoms with van der Waals surface area (Å²) in [5, 5.41) is 10.6. The van der Waals surface area contributed by atoms with E-state index in [1.54, 1.807) is 14.2 Å². The van der Waals surface area contributed by atoms with Crippen LogP contribution in [0.5, 0.6) is 5.75 Å². The molecule has 0 unspecified atom stereocenters. The second kappa shape index (κ2) is 13.4. The average molecular weight is 443 g/mol. The number of aryl methyl sites for hydroxylation is 1. The molecule has 1 aliphatic heterocycles. The predicted molar refractivity (Wildman–Crippen MR) is 129 cm³/mol. The molecule has 1 heterocycles. The van der Waals surface area contributed by atoms with Crippen LogP contribution in [0.3, 0.4) is 0 Å². The van der Waals surface area contributed by atoms with Gasteiger partial charge in [0.25, 0.3) is 0 Å². The molecule has 0 amide bonds. The highest BCUT2D eigenvalue weighted by Crippen LogP contribution is 2.19. The molecule has 2 aromatic rings. The van der Waals surface area contributed by atoms with Gasteiger partial charge in [0, 0.05) is 58.5 Å². The first kappa shape index (κ1) is 24.5. The Morgan fingerprint density at radius 3 is 2.03 bits per heavy atom. The van der Waals surface area contributed by atoms with Crippen molar-refractivity contribution in [3.05, 3.63) is 59.7 Å². The second-order valence-corrected chi connectivity index (χ2v) is 8.20. The maximum absolute atomic E-state index is 5.93. The molecule has 0 atom stereocenters. The molecule has 0 aliphatic carbocycles. The summed E-state index contributed by atoms with van der Waals surface area (Å²) in [6, 6.07) is 16.9. The number of hydrogen-bond donors (Lipinski definition) is 3. The summed E-state index contributed by atoms with van der Waals surface area (Å²) >= 11 is 0. The molecule has 7 heteroatoms. The predicted octanol–water partition coefficient (Wildman–Crippen LogP) is 2.64.